The van der Waals surface area contributed by atoms with Gasteiger partial charge in [-0.2, -0.15) is 0 Å². The van der Waals surface area contributed by atoms with Gasteiger partial charge in [-0.25, -0.2) is 0 Å². The van der Waals surface area contributed by atoms with Crippen molar-refractivity contribution in [2.45, 2.75) is 15.3 Å². The van der Waals surface area contributed by atoms with E-state index < -0.39 is 9.17 Å². The molecule has 0 saturated carbocycles. The van der Waals surface area contributed by atoms with Gasteiger partial charge in [0.2, 0.25) is 3.79 Å². The van der Waals surface area contributed by atoms with E-state index in [0.29, 0.717) is 6.61 Å². The van der Waals surface area contributed by atoms with Crippen LogP contribution in [0.4, 0.5) is 0 Å². The van der Waals surface area contributed by atoms with Crippen molar-refractivity contribution < 1.29 is 4.74 Å². The molecular weight excluding hydrogens is 206 g/mol. The van der Waals surface area contributed by atoms with E-state index in [2.05, 4.69) is 0 Å². The lowest BCUT2D eigenvalue weighted by atomic mass is 10.4. The van der Waals surface area contributed by atoms with Crippen molar-refractivity contribution in [2.75, 3.05) is 6.61 Å². The molecule has 0 aromatic heterocycles. The molecule has 0 amide bonds. The number of hydrogen-bond donors (Lipinski definition) is 0. The molecule has 0 aliphatic carbocycles. The molecule has 0 radical (unpaired) electrons. The fourth-order valence-electron chi connectivity index (χ4n) is 0.435. The van der Waals surface area contributed by atoms with E-state index in [4.69, 9.17) is 51.1 Å². The average molecular weight is 210 g/mol. The zero-order valence-electron chi connectivity index (χ0n) is 4.28. The van der Waals surface area contributed by atoms with Crippen molar-refractivity contribution in [2.24, 2.45) is 0 Å². The first-order valence-corrected chi connectivity index (χ1v) is 3.91. The highest BCUT2D eigenvalue weighted by molar-refractivity contribution is 6.70. The minimum Gasteiger partial charge on any atom is -0.371 e. The van der Waals surface area contributed by atoms with Crippen LogP contribution in [0.5, 0.6) is 0 Å². The smallest absolute Gasteiger partial charge is 0.209 e. The molecule has 0 N–H and O–H groups in total. The summed E-state index contributed by atoms with van der Waals surface area (Å²) in [7, 11) is 0. The van der Waals surface area contributed by atoms with Gasteiger partial charge in [0, 0.05) is 0 Å². The van der Waals surface area contributed by atoms with Crippen LogP contribution >= 0.6 is 46.4 Å². The number of epoxide rings is 1. The van der Waals surface area contributed by atoms with Gasteiger partial charge in [0.25, 0.3) is 0 Å². The summed E-state index contributed by atoms with van der Waals surface area (Å²) in [5.74, 6) is 0. The number of alkyl halides is 4. The maximum absolute atomic E-state index is 5.63. The summed E-state index contributed by atoms with van der Waals surface area (Å²) in [6, 6.07) is 0. The summed E-state index contributed by atoms with van der Waals surface area (Å²) in [5.41, 5.74) is 0. The molecule has 0 bridgehead atoms. The normalized spacial score (nSPS) is 30.0. The quantitative estimate of drug-likeness (QED) is 0.478. The van der Waals surface area contributed by atoms with Crippen LogP contribution in [0.2, 0.25) is 0 Å². The summed E-state index contributed by atoms with van der Waals surface area (Å²) in [5, 5.41) is -0.525. The Kier molecular flexibility index (Phi) is 2.40. The highest BCUT2D eigenvalue weighted by Crippen LogP contribution is 2.39. The third-order valence-corrected chi connectivity index (χ3v) is 2.65. The van der Waals surface area contributed by atoms with Gasteiger partial charge >= 0.3 is 0 Å². The number of hydrogen-bond acceptors (Lipinski definition) is 1. The largest absolute Gasteiger partial charge is 0.371 e. The fourth-order valence-corrected chi connectivity index (χ4v) is 1.00. The van der Waals surface area contributed by atoms with Gasteiger partial charge in [-0.1, -0.05) is 34.8 Å². The van der Waals surface area contributed by atoms with Crippen LogP contribution in [0.25, 0.3) is 0 Å². The summed E-state index contributed by atoms with van der Waals surface area (Å²) < 4.78 is 3.41. The first-order valence-electron chi connectivity index (χ1n) is 2.34. The zero-order valence-corrected chi connectivity index (χ0v) is 7.31. The molecular formula is C4H4Cl4O. The minimum absolute atomic E-state index is 0.0702. The van der Waals surface area contributed by atoms with E-state index in [1.165, 1.54) is 0 Å². The maximum atomic E-state index is 5.63. The van der Waals surface area contributed by atoms with Crippen molar-refractivity contribution >= 4 is 46.4 Å². The predicted molar refractivity (Wildman–Crippen MR) is 39.7 cm³/mol. The second-order valence-electron chi connectivity index (χ2n) is 1.82. The third kappa shape index (κ3) is 2.32. The van der Waals surface area contributed by atoms with Crippen molar-refractivity contribution in [3.05, 3.63) is 0 Å². The van der Waals surface area contributed by atoms with Gasteiger partial charge < -0.3 is 4.74 Å². The van der Waals surface area contributed by atoms with E-state index in [1.807, 2.05) is 0 Å². The van der Waals surface area contributed by atoms with E-state index in [1.54, 1.807) is 0 Å². The van der Waals surface area contributed by atoms with E-state index in [-0.39, 0.29) is 6.10 Å². The fraction of sp³-hybridized carbons (Fsp3) is 1.00. The van der Waals surface area contributed by atoms with E-state index in [9.17, 15) is 0 Å². The standard InChI is InChI=1S/C4H4Cl4O/c5-3(2-1-9-2)4(6,7)8/h2-3H,1H2. The molecule has 1 fully saturated rings. The molecule has 2 unspecified atom stereocenters. The molecule has 1 nitrogen and oxygen atoms in total. The van der Waals surface area contributed by atoms with Gasteiger partial charge in [-0.3, -0.25) is 0 Å². The second kappa shape index (κ2) is 2.63. The Labute approximate surface area is 73.2 Å². The van der Waals surface area contributed by atoms with Gasteiger partial charge in [0.05, 0.1) is 6.61 Å². The molecule has 1 aliphatic rings. The number of rotatable bonds is 1. The summed E-state index contributed by atoms with van der Waals surface area (Å²) in [6.45, 7) is 0.599. The van der Waals surface area contributed by atoms with Gasteiger partial charge in [0.15, 0.2) is 0 Å². The Balaban J connectivity index is 2.40. The van der Waals surface area contributed by atoms with E-state index >= 15 is 0 Å². The van der Waals surface area contributed by atoms with Crippen molar-refractivity contribution in [3.8, 4) is 0 Å². The summed E-state index contributed by atoms with van der Waals surface area (Å²) in [4.78, 5) is 0. The van der Waals surface area contributed by atoms with Gasteiger partial charge in [0.1, 0.15) is 11.5 Å². The average Bonchev–Trinajstić information content (AvgIpc) is 2.40. The van der Waals surface area contributed by atoms with Crippen molar-refractivity contribution in [3.63, 3.8) is 0 Å². The Morgan fingerprint density at radius 3 is 2.00 bits per heavy atom. The van der Waals surface area contributed by atoms with Crippen LogP contribution in [0.15, 0.2) is 0 Å². The van der Waals surface area contributed by atoms with Gasteiger partial charge in [-0.05, 0) is 0 Å². The van der Waals surface area contributed by atoms with Crippen LogP contribution in [-0.2, 0) is 4.74 Å². The molecule has 1 rings (SSSR count). The first kappa shape index (κ1) is 8.22. The molecule has 5 heteroatoms. The van der Waals surface area contributed by atoms with Crippen LogP contribution in [0.3, 0.4) is 0 Å². The zero-order chi connectivity index (χ0) is 7.07. The molecule has 1 aliphatic heterocycles. The Morgan fingerprint density at radius 2 is 1.89 bits per heavy atom. The summed E-state index contributed by atoms with van der Waals surface area (Å²) in [6.07, 6.45) is -0.0702. The second-order valence-corrected chi connectivity index (χ2v) is 4.65. The lowest BCUT2D eigenvalue weighted by Gasteiger charge is -2.14. The Morgan fingerprint density at radius 1 is 1.44 bits per heavy atom. The van der Waals surface area contributed by atoms with Gasteiger partial charge in [-0.15, -0.1) is 11.6 Å². The lowest BCUT2D eigenvalue weighted by Crippen LogP contribution is -2.24. The minimum atomic E-state index is -1.40. The summed E-state index contributed by atoms with van der Waals surface area (Å²) >= 11 is 21.9. The predicted octanol–water partition coefficient (Wildman–Crippen LogP) is 2.36. The van der Waals surface area contributed by atoms with Crippen LogP contribution in [-0.4, -0.2) is 21.9 Å². The van der Waals surface area contributed by atoms with Crippen molar-refractivity contribution in [1.29, 1.82) is 0 Å². The molecule has 9 heavy (non-hydrogen) atoms. The molecule has 0 aromatic rings. The molecule has 2 atom stereocenters. The SMILES string of the molecule is ClC(C1CO1)C(Cl)(Cl)Cl. The van der Waals surface area contributed by atoms with Crippen LogP contribution in [0, 0.1) is 0 Å². The third-order valence-electron chi connectivity index (χ3n) is 0.998. The molecule has 54 valence electrons. The maximum Gasteiger partial charge on any atom is 0.209 e. The monoisotopic (exact) mass is 208 g/mol. The Bertz CT molecular complexity index is 106. The molecule has 1 heterocycles. The highest BCUT2D eigenvalue weighted by Gasteiger charge is 2.43. The lowest BCUT2D eigenvalue weighted by molar-refractivity contribution is 0.401. The molecule has 0 aromatic carbocycles. The number of ether oxygens (including phenoxy) is 1. The first-order chi connectivity index (χ1) is 4.02. The molecule has 1 saturated heterocycles. The number of halogens is 4. The van der Waals surface area contributed by atoms with Crippen LogP contribution < -0.4 is 0 Å². The highest BCUT2D eigenvalue weighted by atomic mass is 35.6. The Hall–Kier alpha value is 1.12. The van der Waals surface area contributed by atoms with E-state index in [0.717, 1.165) is 0 Å². The van der Waals surface area contributed by atoms with Crippen molar-refractivity contribution in [1.82, 2.24) is 0 Å². The molecule has 0 spiro atoms. The van der Waals surface area contributed by atoms with Crippen LogP contribution in [0.1, 0.15) is 0 Å². The topological polar surface area (TPSA) is 12.5 Å².